The number of aromatic nitrogens is 5. The molecule has 0 saturated carbocycles. The molecule has 0 amide bonds. The minimum atomic E-state index is 0.204. The first-order chi connectivity index (χ1) is 15.3. The van der Waals surface area contributed by atoms with E-state index in [1.807, 2.05) is 36.4 Å². The van der Waals surface area contributed by atoms with E-state index in [0.717, 1.165) is 52.1 Å². The Labute approximate surface area is 178 Å². The van der Waals surface area contributed by atoms with Gasteiger partial charge < -0.3 is 4.84 Å². The number of rotatable bonds is 5. The van der Waals surface area contributed by atoms with E-state index in [1.54, 1.807) is 0 Å². The Bertz CT molecular complexity index is 1360. The molecule has 3 N–H and O–H groups in total. The van der Waals surface area contributed by atoms with Crippen molar-refractivity contribution < 1.29 is 4.84 Å². The molecule has 0 radical (unpaired) electrons. The van der Waals surface area contributed by atoms with Gasteiger partial charge in [0.15, 0.2) is 5.82 Å². The van der Waals surface area contributed by atoms with Gasteiger partial charge in [-0.15, -0.1) is 5.48 Å². The van der Waals surface area contributed by atoms with Gasteiger partial charge >= 0.3 is 0 Å². The van der Waals surface area contributed by atoms with Gasteiger partial charge in [-0.25, -0.2) is 4.98 Å². The Balaban J connectivity index is 1.27. The van der Waals surface area contributed by atoms with Crippen LogP contribution < -0.4 is 10.3 Å². The monoisotopic (exact) mass is 408 g/mol. The van der Waals surface area contributed by atoms with Gasteiger partial charge in [0, 0.05) is 16.5 Å². The lowest BCUT2D eigenvalue weighted by Crippen LogP contribution is -2.23. The third kappa shape index (κ3) is 3.25. The fourth-order valence-electron chi connectivity index (χ4n) is 4.25. The summed E-state index contributed by atoms with van der Waals surface area (Å²) in [7, 11) is 0. The highest BCUT2D eigenvalue weighted by atomic mass is 16.6. The predicted molar refractivity (Wildman–Crippen MR) is 118 cm³/mol. The number of fused-ring (bicyclic) bond motifs is 2. The standard InChI is InChI=1S/C24H20N6O/c1-2-7-19-15(4-1)8-11-22(19)30-31-18-6-3-5-16(12-18)23-20-13-17(24-25-14-26-29-24)9-10-21(20)27-28-23/h1-7,9-10,12-14,22,30H,8,11H2,(H,27,28)(H,25,26,29)/t22-/m1/s1. The van der Waals surface area contributed by atoms with Crippen LogP contribution in [0.5, 0.6) is 5.75 Å². The molecule has 7 heteroatoms. The molecule has 2 heterocycles. The van der Waals surface area contributed by atoms with Crippen molar-refractivity contribution in [1.29, 1.82) is 0 Å². The lowest BCUT2D eigenvalue weighted by Gasteiger charge is -2.15. The molecule has 0 bridgehead atoms. The van der Waals surface area contributed by atoms with Gasteiger partial charge in [-0.3, -0.25) is 10.2 Å². The van der Waals surface area contributed by atoms with Crippen molar-refractivity contribution in [2.24, 2.45) is 0 Å². The number of hydrogen-bond donors (Lipinski definition) is 3. The topological polar surface area (TPSA) is 91.5 Å². The van der Waals surface area contributed by atoms with Gasteiger partial charge in [0.25, 0.3) is 0 Å². The summed E-state index contributed by atoms with van der Waals surface area (Å²) >= 11 is 0. The lowest BCUT2D eigenvalue weighted by atomic mass is 10.1. The molecule has 7 nitrogen and oxygen atoms in total. The Kier molecular flexibility index (Phi) is 4.25. The number of benzene rings is 3. The van der Waals surface area contributed by atoms with Gasteiger partial charge in [-0.05, 0) is 54.3 Å². The maximum Gasteiger partial charge on any atom is 0.155 e. The summed E-state index contributed by atoms with van der Waals surface area (Å²) < 4.78 is 0. The van der Waals surface area contributed by atoms with Crippen molar-refractivity contribution in [3.05, 3.63) is 84.2 Å². The van der Waals surface area contributed by atoms with Crippen LogP contribution in [0.2, 0.25) is 0 Å². The minimum absolute atomic E-state index is 0.204. The zero-order valence-corrected chi connectivity index (χ0v) is 16.7. The third-order valence-corrected chi connectivity index (χ3v) is 5.81. The van der Waals surface area contributed by atoms with Crippen LogP contribution in [0.4, 0.5) is 0 Å². The SMILES string of the molecule is c1cc(ON[C@@H]2CCc3ccccc32)cc(-c2n[nH]c3ccc(-c4ncn[nH]4)cc23)c1. The third-order valence-electron chi connectivity index (χ3n) is 5.81. The van der Waals surface area contributed by atoms with Crippen molar-refractivity contribution in [1.82, 2.24) is 30.9 Å². The van der Waals surface area contributed by atoms with Gasteiger partial charge in [0.05, 0.1) is 11.6 Å². The van der Waals surface area contributed by atoms with Gasteiger partial charge in [-0.2, -0.15) is 10.2 Å². The van der Waals surface area contributed by atoms with Gasteiger partial charge in [0.1, 0.15) is 17.8 Å². The molecule has 5 aromatic rings. The van der Waals surface area contributed by atoms with E-state index in [9.17, 15) is 0 Å². The van der Waals surface area contributed by atoms with E-state index in [1.165, 1.54) is 17.5 Å². The van der Waals surface area contributed by atoms with Crippen LogP contribution in [-0.2, 0) is 6.42 Å². The van der Waals surface area contributed by atoms with E-state index < -0.39 is 0 Å². The molecule has 1 atom stereocenters. The average molecular weight is 408 g/mol. The van der Waals surface area contributed by atoms with E-state index in [-0.39, 0.29) is 6.04 Å². The lowest BCUT2D eigenvalue weighted by molar-refractivity contribution is 0.155. The molecule has 0 fully saturated rings. The Hall–Kier alpha value is -3.97. The first kappa shape index (κ1) is 17.9. The Morgan fingerprint density at radius 1 is 0.935 bits per heavy atom. The van der Waals surface area contributed by atoms with E-state index in [0.29, 0.717) is 0 Å². The molecule has 1 aliphatic carbocycles. The van der Waals surface area contributed by atoms with Crippen LogP contribution in [0.15, 0.2) is 73.1 Å². The highest BCUT2D eigenvalue weighted by Crippen LogP contribution is 2.33. The molecule has 3 aromatic carbocycles. The van der Waals surface area contributed by atoms with Gasteiger partial charge in [0.2, 0.25) is 0 Å². The first-order valence-electron chi connectivity index (χ1n) is 10.3. The summed E-state index contributed by atoms with van der Waals surface area (Å²) in [6.07, 6.45) is 3.61. The molecule has 0 spiro atoms. The molecule has 152 valence electrons. The zero-order valence-electron chi connectivity index (χ0n) is 16.7. The Morgan fingerprint density at radius 2 is 1.90 bits per heavy atom. The number of hydrogen-bond acceptors (Lipinski definition) is 5. The second kappa shape index (κ2) is 7.37. The summed E-state index contributed by atoms with van der Waals surface area (Å²) in [5, 5.41) is 15.5. The predicted octanol–water partition coefficient (Wildman–Crippen LogP) is 4.59. The second-order valence-electron chi connectivity index (χ2n) is 7.70. The molecular formula is C24H20N6O. The maximum atomic E-state index is 5.97. The fraction of sp³-hybridized carbons (Fsp3) is 0.125. The summed E-state index contributed by atoms with van der Waals surface area (Å²) in [6.45, 7) is 0. The van der Waals surface area contributed by atoms with Crippen molar-refractivity contribution in [3.8, 4) is 28.4 Å². The van der Waals surface area contributed by atoms with Gasteiger partial charge in [-0.1, -0.05) is 36.4 Å². The summed E-state index contributed by atoms with van der Waals surface area (Å²) in [6, 6.07) is 22.8. The largest absolute Gasteiger partial charge is 0.408 e. The highest BCUT2D eigenvalue weighted by Gasteiger charge is 2.22. The molecule has 0 aliphatic heterocycles. The van der Waals surface area contributed by atoms with Crippen LogP contribution in [-0.4, -0.2) is 25.4 Å². The number of hydroxylamine groups is 1. The van der Waals surface area contributed by atoms with E-state index in [4.69, 9.17) is 4.84 Å². The summed E-state index contributed by atoms with van der Waals surface area (Å²) in [5.41, 5.74) is 9.72. The van der Waals surface area contributed by atoms with Crippen molar-refractivity contribution in [2.45, 2.75) is 18.9 Å². The van der Waals surface area contributed by atoms with Crippen LogP contribution in [0, 0.1) is 0 Å². The molecular weight excluding hydrogens is 388 g/mol. The molecule has 0 saturated heterocycles. The van der Waals surface area contributed by atoms with Crippen LogP contribution in [0.1, 0.15) is 23.6 Å². The molecule has 31 heavy (non-hydrogen) atoms. The Morgan fingerprint density at radius 3 is 2.84 bits per heavy atom. The molecule has 6 rings (SSSR count). The van der Waals surface area contributed by atoms with Crippen molar-refractivity contribution in [2.75, 3.05) is 0 Å². The number of nitrogens with one attached hydrogen (secondary N) is 3. The number of H-pyrrole nitrogens is 2. The zero-order chi connectivity index (χ0) is 20.6. The first-order valence-corrected chi connectivity index (χ1v) is 10.3. The van der Waals surface area contributed by atoms with Crippen LogP contribution in [0.3, 0.4) is 0 Å². The maximum absolute atomic E-state index is 5.97. The van der Waals surface area contributed by atoms with Crippen molar-refractivity contribution >= 4 is 10.9 Å². The number of aryl methyl sites for hydroxylation is 1. The van der Waals surface area contributed by atoms with Crippen molar-refractivity contribution in [3.63, 3.8) is 0 Å². The highest BCUT2D eigenvalue weighted by molar-refractivity contribution is 5.95. The molecule has 0 unspecified atom stereocenters. The average Bonchev–Trinajstić information content (AvgIpc) is 3.57. The second-order valence-corrected chi connectivity index (χ2v) is 7.70. The molecule has 1 aliphatic rings. The molecule has 2 aromatic heterocycles. The quantitative estimate of drug-likeness (QED) is 0.370. The van der Waals surface area contributed by atoms with E-state index in [2.05, 4.69) is 61.2 Å². The normalized spacial score (nSPS) is 15.3. The number of nitrogens with zero attached hydrogens (tertiary/aromatic N) is 3. The van der Waals surface area contributed by atoms with Crippen LogP contribution >= 0.6 is 0 Å². The van der Waals surface area contributed by atoms with E-state index >= 15 is 0 Å². The number of aromatic amines is 2. The van der Waals surface area contributed by atoms with Crippen LogP contribution in [0.25, 0.3) is 33.5 Å². The smallest absolute Gasteiger partial charge is 0.155 e. The summed E-state index contributed by atoms with van der Waals surface area (Å²) in [4.78, 5) is 10.2. The minimum Gasteiger partial charge on any atom is -0.408 e. The fourth-order valence-corrected chi connectivity index (χ4v) is 4.25. The summed E-state index contributed by atoms with van der Waals surface area (Å²) in [5.74, 6) is 1.48.